The molecule has 5 nitrogen and oxygen atoms in total. The standard InChI is InChI=1S/C17H28N2O2.C2H6.CH4O/c1-3-4-5-10-21-14(2)12-19-17-8-6-15(7-9-17)11-16(18)13-20;2*1-2/h6-9,13-14,16,19H,3-5,10-12,18H2,1-2H3;1-2H3;2H,1H3. The molecule has 2 unspecified atom stereocenters. The van der Waals surface area contributed by atoms with Gasteiger partial charge in [-0.2, -0.15) is 0 Å². The average Bonchev–Trinajstić information content (AvgIpc) is 2.67. The lowest BCUT2D eigenvalue weighted by molar-refractivity contribution is -0.108. The summed E-state index contributed by atoms with van der Waals surface area (Å²) >= 11 is 0. The molecule has 0 saturated heterocycles. The van der Waals surface area contributed by atoms with Gasteiger partial charge in [-0.25, -0.2) is 0 Å². The van der Waals surface area contributed by atoms with Gasteiger partial charge in [0.1, 0.15) is 6.29 Å². The van der Waals surface area contributed by atoms with Crippen LogP contribution in [0, 0.1) is 0 Å². The first-order valence-corrected chi connectivity index (χ1v) is 9.25. The molecule has 0 amide bonds. The molecule has 0 aromatic heterocycles. The molecular weight excluding hydrogens is 316 g/mol. The third-order valence-electron chi connectivity index (χ3n) is 3.34. The predicted octanol–water partition coefficient (Wildman–Crippen LogP) is 3.40. The van der Waals surface area contributed by atoms with Crippen molar-refractivity contribution < 1.29 is 14.6 Å². The molecule has 1 rings (SSSR count). The summed E-state index contributed by atoms with van der Waals surface area (Å²) in [5.41, 5.74) is 7.74. The zero-order chi connectivity index (χ0) is 19.5. The number of ether oxygens (including phenoxy) is 1. The molecule has 0 aliphatic carbocycles. The Bertz CT molecular complexity index is 396. The third-order valence-corrected chi connectivity index (χ3v) is 3.34. The van der Waals surface area contributed by atoms with Crippen LogP contribution in [0.25, 0.3) is 0 Å². The summed E-state index contributed by atoms with van der Waals surface area (Å²) in [6.07, 6.45) is 5.14. The molecular formula is C20H38N2O3. The number of aliphatic hydroxyl groups is 1. The number of nitrogens with two attached hydrogens (primary N) is 1. The van der Waals surface area contributed by atoms with Gasteiger partial charge in [0.2, 0.25) is 0 Å². The number of rotatable bonds is 11. The molecule has 0 fully saturated rings. The number of unbranched alkanes of at least 4 members (excludes halogenated alkanes) is 2. The van der Waals surface area contributed by atoms with Gasteiger partial charge in [-0.3, -0.25) is 0 Å². The molecule has 0 radical (unpaired) electrons. The van der Waals surface area contributed by atoms with E-state index in [2.05, 4.69) is 19.2 Å². The minimum absolute atomic E-state index is 0.199. The van der Waals surface area contributed by atoms with Crippen molar-refractivity contribution in [1.82, 2.24) is 0 Å². The number of hydrogen-bond acceptors (Lipinski definition) is 5. The van der Waals surface area contributed by atoms with E-state index in [0.29, 0.717) is 6.42 Å². The number of anilines is 1. The van der Waals surface area contributed by atoms with Gasteiger partial charge in [0, 0.05) is 25.9 Å². The van der Waals surface area contributed by atoms with Gasteiger partial charge >= 0.3 is 0 Å². The Hall–Kier alpha value is -1.43. The highest BCUT2D eigenvalue weighted by Crippen LogP contribution is 2.11. The van der Waals surface area contributed by atoms with E-state index in [9.17, 15) is 4.79 Å². The molecule has 4 N–H and O–H groups in total. The quantitative estimate of drug-likeness (QED) is 0.419. The van der Waals surface area contributed by atoms with E-state index >= 15 is 0 Å². The molecule has 146 valence electrons. The average molecular weight is 355 g/mol. The molecule has 0 aliphatic heterocycles. The Morgan fingerprint density at radius 1 is 1.20 bits per heavy atom. The molecule has 0 spiro atoms. The molecule has 25 heavy (non-hydrogen) atoms. The third kappa shape index (κ3) is 14.6. The van der Waals surface area contributed by atoms with Crippen LogP contribution in [0.2, 0.25) is 0 Å². The maximum Gasteiger partial charge on any atom is 0.137 e. The van der Waals surface area contributed by atoms with Gasteiger partial charge < -0.3 is 25.7 Å². The lowest BCUT2D eigenvalue weighted by Crippen LogP contribution is -2.24. The minimum atomic E-state index is -0.416. The lowest BCUT2D eigenvalue weighted by atomic mass is 10.1. The minimum Gasteiger partial charge on any atom is -0.400 e. The molecule has 0 aliphatic rings. The van der Waals surface area contributed by atoms with E-state index in [-0.39, 0.29) is 6.10 Å². The van der Waals surface area contributed by atoms with Crippen molar-refractivity contribution in [3.8, 4) is 0 Å². The molecule has 0 heterocycles. The van der Waals surface area contributed by atoms with E-state index in [1.165, 1.54) is 12.8 Å². The second-order valence-electron chi connectivity index (χ2n) is 5.47. The van der Waals surface area contributed by atoms with Crippen molar-refractivity contribution in [3.05, 3.63) is 29.8 Å². The van der Waals surface area contributed by atoms with Crippen molar-refractivity contribution in [3.63, 3.8) is 0 Å². The van der Waals surface area contributed by atoms with E-state index < -0.39 is 6.04 Å². The number of nitrogens with one attached hydrogen (secondary N) is 1. The van der Waals surface area contributed by atoms with Gasteiger partial charge in [-0.1, -0.05) is 45.7 Å². The van der Waals surface area contributed by atoms with Crippen molar-refractivity contribution in [2.75, 3.05) is 25.6 Å². The lowest BCUT2D eigenvalue weighted by Gasteiger charge is -2.15. The van der Waals surface area contributed by atoms with Crippen LogP contribution < -0.4 is 11.1 Å². The highest BCUT2D eigenvalue weighted by atomic mass is 16.5. The number of carbonyl (C=O) groups is 1. The summed E-state index contributed by atoms with van der Waals surface area (Å²) in [6, 6.07) is 7.60. The van der Waals surface area contributed by atoms with E-state index in [0.717, 1.165) is 44.2 Å². The number of hydrogen-bond donors (Lipinski definition) is 3. The fraction of sp³-hybridized carbons (Fsp3) is 0.650. The van der Waals surface area contributed by atoms with Crippen molar-refractivity contribution in [2.45, 2.75) is 65.5 Å². The van der Waals surface area contributed by atoms with E-state index in [1.54, 1.807) is 0 Å². The molecule has 0 bridgehead atoms. The summed E-state index contributed by atoms with van der Waals surface area (Å²) in [4.78, 5) is 10.5. The maximum atomic E-state index is 10.5. The molecule has 0 saturated carbocycles. The Kier molecular flexibility index (Phi) is 19.5. The monoisotopic (exact) mass is 354 g/mol. The van der Waals surface area contributed by atoms with Gasteiger partial charge in [0.05, 0.1) is 12.1 Å². The number of aliphatic hydroxyl groups excluding tert-OH is 1. The van der Waals surface area contributed by atoms with Crippen molar-refractivity contribution in [1.29, 1.82) is 0 Å². The van der Waals surface area contributed by atoms with Gasteiger partial charge in [0.25, 0.3) is 0 Å². The van der Waals surface area contributed by atoms with Crippen LogP contribution in [-0.2, 0) is 16.0 Å². The highest BCUT2D eigenvalue weighted by molar-refractivity contribution is 5.58. The Morgan fingerprint density at radius 2 is 1.80 bits per heavy atom. The van der Waals surface area contributed by atoms with Crippen molar-refractivity contribution in [2.24, 2.45) is 5.73 Å². The molecule has 1 aromatic rings. The van der Waals surface area contributed by atoms with Crippen LogP contribution in [0.3, 0.4) is 0 Å². The molecule has 5 heteroatoms. The molecule has 2 atom stereocenters. The summed E-state index contributed by atoms with van der Waals surface area (Å²) in [5.74, 6) is 0. The van der Waals surface area contributed by atoms with Crippen LogP contribution in [0.4, 0.5) is 5.69 Å². The first kappa shape index (κ1) is 25.8. The van der Waals surface area contributed by atoms with E-state index in [1.807, 2.05) is 38.1 Å². The second kappa shape index (κ2) is 18.9. The number of carbonyl (C=O) groups excluding carboxylic acids is 1. The fourth-order valence-electron chi connectivity index (χ4n) is 2.04. The van der Waals surface area contributed by atoms with Gasteiger partial charge in [0.15, 0.2) is 0 Å². The molecule has 1 aromatic carbocycles. The van der Waals surface area contributed by atoms with Crippen LogP contribution in [0.1, 0.15) is 52.5 Å². The summed E-state index contributed by atoms with van der Waals surface area (Å²) in [6.45, 7) is 9.89. The zero-order valence-electron chi connectivity index (χ0n) is 16.6. The summed E-state index contributed by atoms with van der Waals surface area (Å²) in [5, 5.41) is 10.4. The van der Waals surface area contributed by atoms with Crippen molar-refractivity contribution >= 4 is 12.0 Å². The van der Waals surface area contributed by atoms with Gasteiger partial charge in [-0.05, 0) is 37.5 Å². The maximum absolute atomic E-state index is 10.5. The summed E-state index contributed by atoms with van der Waals surface area (Å²) < 4.78 is 5.74. The van der Waals surface area contributed by atoms with Crippen LogP contribution in [0.15, 0.2) is 24.3 Å². The largest absolute Gasteiger partial charge is 0.400 e. The zero-order valence-corrected chi connectivity index (χ0v) is 16.6. The first-order valence-electron chi connectivity index (χ1n) is 9.25. The Balaban J connectivity index is 0. The number of aldehydes is 1. The SMILES string of the molecule is CC.CCCCCOC(C)CNc1ccc(CC(N)C=O)cc1.CO. The Labute approximate surface area is 154 Å². The predicted molar refractivity (Wildman–Crippen MR) is 107 cm³/mol. The number of benzene rings is 1. The highest BCUT2D eigenvalue weighted by Gasteiger charge is 2.04. The van der Waals surface area contributed by atoms with Crippen LogP contribution in [-0.4, -0.2) is 43.8 Å². The van der Waals surface area contributed by atoms with Gasteiger partial charge in [-0.15, -0.1) is 0 Å². The topological polar surface area (TPSA) is 84.6 Å². The first-order chi connectivity index (χ1) is 12.2. The van der Waals surface area contributed by atoms with Crippen LogP contribution in [0.5, 0.6) is 0 Å². The van der Waals surface area contributed by atoms with Crippen LogP contribution >= 0.6 is 0 Å². The second-order valence-corrected chi connectivity index (χ2v) is 5.47. The smallest absolute Gasteiger partial charge is 0.137 e. The fourth-order valence-corrected chi connectivity index (χ4v) is 2.04. The Morgan fingerprint density at radius 3 is 2.32 bits per heavy atom. The normalized spacial score (nSPS) is 12.0. The summed E-state index contributed by atoms with van der Waals surface area (Å²) in [7, 11) is 1.00. The van der Waals surface area contributed by atoms with E-state index in [4.69, 9.17) is 15.6 Å².